The summed E-state index contributed by atoms with van der Waals surface area (Å²) in [5.74, 6) is -0.276. The molecule has 22 heavy (non-hydrogen) atoms. The summed E-state index contributed by atoms with van der Waals surface area (Å²) in [6.45, 7) is 7.39. The molecule has 0 aromatic rings. The molecular formula is C15H24N4O3. The normalized spacial score (nSPS) is 15.4. The molecule has 122 valence electrons. The van der Waals surface area contributed by atoms with Crippen molar-refractivity contribution in [3.05, 3.63) is 11.8 Å². The maximum absolute atomic E-state index is 12.2. The molecule has 1 heterocycles. The molecule has 1 fully saturated rings. The minimum absolute atomic E-state index is 0.0131. The maximum Gasteiger partial charge on any atom is 0.266 e. The molecule has 0 atom stereocenters. The van der Waals surface area contributed by atoms with E-state index >= 15 is 0 Å². The van der Waals surface area contributed by atoms with Crippen molar-refractivity contribution >= 4 is 11.8 Å². The Morgan fingerprint density at radius 1 is 1.27 bits per heavy atom. The first-order valence-electron chi connectivity index (χ1n) is 7.56. The molecule has 0 bridgehead atoms. The van der Waals surface area contributed by atoms with Gasteiger partial charge in [-0.3, -0.25) is 9.59 Å². The lowest BCUT2D eigenvalue weighted by atomic mass is 10.2. The largest absolute Gasteiger partial charge is 0.390 e. The SMILES string of the molecule is CCOCCCN/C=C(/C#N)C(=O)N1CCN(C(C)=O)CC1. The molecule has 1 aliphatic heterocycles. The third-order valence-electron chi connectivity index (χ3n) is 3.42. The van der Waals surface area contributed by atoms with E-state index in [-0.39, 0.29) is 17.4 Å². The van der Waals surface area contributed by atoms with Crippen LogP contribution in [0.3, 0.4) is 0 Å². The van der Waals surface area contributed by atoms with E-state index < -0.39 is 0 Å². The van der Waals surface area contributed by atoms with Crippen LogP contribution in [0.2, 0.25) is 0 Å². The third kappa shape index (κ3) is 5.74. The second-order valence-electron chi connectivity index (χ2n) is 4.97. The number of carbonyl (C=O) groups is 2. The van der Waals surface area contributed by atoms with E-state index in [1.54, 1.807) is 9.80 Å². The number of hydrogen-bond donors (Lipinski definition) is 1. The first-order valence-corrected chi connectivity index (χ1v) is 7.56. The zero-order valence-corrected chi connectivity index (χ0v) is 13.3. The average molecular weight is 308 g/mol. The quantitative estimate of drug-likeness (QED) is 0.409. The van der Waals surface area contributed by atoms with Crippen LogP contribution >= 0.6 is 0 Å². The second kappa shape index (κ2) is 9.79. The molecular weight excluding hydrogens is 284 g/mol. The minimum Gasteiger partial charge on any atom is -0.390 e. The number of piperazine rings is 1. The lowest BCUT2D eigenvalue weighted by Gasteiger charge is -2.34. The molecule has 0 spiro atoms. The van der Waals surface area contributed by atoms with Crippen molar-refractivity contribution in [2.24, 2.45) is 0 Å². The summed E-state index contributed by atoms with van der Waals surface area (Å²) in [4.78, 5) is 26.8. The van der Waals surface area contributed by atoms with Crippen LogP contribution in [0.25, 0.3) is 0 Å². The number of nitrogens with one attached hydrogen (secondary N) is 1. The Labute approximate surface area is 131 Å². The highest BCUT2D eigenvalue weighted by atomic mass is 16.5. The summed E-state index contributed by atoms with van der Waals surface area (Å²) in [7, 11) is 0. The highest BCUT2D eigenvalue weighted by Gasteiger charge is 2.24. The van der Waals surface area contributed by atoms with Crippen LogP contribution in [0.5, 0.6) is 0 Å². The molecule has 0 aromatic heterocycles. The van der Waals surface area contributed by atoms with E-state index in [9.17, 15) is 9.59 Å². The Bertz CT molecular complexity index is 448. The van der Waals surface area contributed by atoms with Crippen molar-refractivity contribution in [1.82, 2.24) is 15.1 Å². The van der Waals surface area contributed by atoms with Crippen LogP contribution in [0.1, 0.15) is 20.3 Å². The summed E-state index contributed by atoms with van der Waals surface area (Å²) in [6.07, 6.45) is 2.28. The van der Waals surface area contributed by atoms with Gasteiger partial charge in [-0.05, 0) is 13.3 Å². The highest BCUT2D eigenvalue weighted by molar-refractivity contribution is 5.97. The van der Waals surface area contributed by atoms with Crippen molar-refractivity contribution in [3.63, 3.8) is 0 Å². The summed E-state index contributed by atoms with van der Waals surface area (Å²) in [5.41, 5.74) is 0.0904. The van der Waals surface area contributed by atoms with Crippen molar-refractivity contribution in [1.29, 1.82) is 5.26 Å². The van der Waals surface area contributed by atoms with Crippen LogP contribution in [-0.2, 0) is 14.3 Å². The Kier molecular flexibility index (Phi) is 8.00. The van der Waals surface area contributed by atoms with Gasteiger partial charge in [0, 0.05) is 59.1 Å². The van der Waals surface area contributed by atoms with Crippen LogP contribution in [0.4, 0.5) is 0 Å². The molecule has 0 saturated carbocycles. The molecule has 1 N–H and O–H groups in total. The van der Waals surface area contributed by atoms with Gasteiger partial charge < -0.3 is 19.9 Å². The molecule has 7 heteroatoms. The number of nitrogens with zero attached hydrogens (tertiary/aromatic N) is 3. The second-order valence-corrected chi connectivity index (χ2v) is 4.97. The molecule has 7 nitrogen and oxygen atoms in total. The van der Waals surface area contributed by atoms with Gasteiger partial charge in [0.25, 0.3) is 5.91 Å². The summed E-state index contributed by atoms with van der Waals surface area (Å²) >= 11 is 0. The topological polar surface area (TPSA) is 85.7 Å². The molecule has 0 aliphatic carbocycles. The minimum atomic E-state index is -0.289. The predicted molar refractivity (Wildman–Crippen MR) is 81.6 cm³/mol. The first-order chi connectivity index (χ1) is 10.6. The molecule has 1 rings (SSSR count). The molecule has 1 aliphatic rings. The Balaban J connectivity index is 2.41. The summed E-state index contributed by atoms with van der Waals surface area (Å²) < 4.78 is 5.21. The third-order valence-corrected chi connectivity index (χ3v) is 3.42. The fourth-order valence-corrected chi connectivity index (χ4v) is 2.13. The molecule has 0 aromatic carbocycles. The van der Waals surface area contributed by atoms with Crippen LogP contribution in [0.15, 0.2) is 11.8 Å². The van der Waals surface area contributed by atoms with Crippen LogP contribution in [0, 0.1) is 11.3 Å². The number of ether oxygens (including phenoxy) is 1. The summed E-state index contributed by atoms with van der Waals surface area (Å²) in [6, 6.07) is 1.93. The first kappa shape index (κ1) is 18.0. The average Bonchev–Trinajstić information content (AvgIpc) is 2.54. The Hall–Kier alpha value is -2.07. The van der Waals surface area contributed by atoms with Gasteiger partial charge in [0.15, 0.2) is 0 Å². The van der Waals surface area contributed by atoms with E-state index in [0.29, 0.717) is 45.9 Å². The Morgan fingerprint density at radius 2 is 1.91 bits per heavy atom. The maximum atomic E-state index is 12.2. The lowest BCUT2D eigenvalue weighted by molar-refractivity contribution is -0.136. The highest BCUT2D eigenvalue weighted by Crippen LogP contribution is 2.06. The van der Waals surface area contributed by atoms with Gasteiger partial charge in [-0.2, -0.15) is 5.26 Å². The monoisotopic (exact) mass is 308 g/mol. The van der Waals surface area contributed by atoms with E-state index in [1.165, 1.54) is 13.1 Å². The van der Waals surface area contributed by atoms with Crippen molar-refractivity contribution in [2.45, 2.75) is 20.3 Å². The van der Waals surface area contributed by atoms with Crippen LogP contribution in [-0.4, -0.2) is 67.6 Å². The standard InChI is InChI=1S/C15H24N4O3/c1-3-22-10-4-5-17-12-14(11-16)15(21)19-8-6-18(7-9-19)13(2)20/h12,17H,3-10H2,1-2H3/b14-12-. The number of nitriles is 1. The summed E-state index contributed by atoms with van der Waals surface area (Å²) in [5, 5.41) is 12.1. The molecule has 1 saturated heterocycles. The number of amides is 2. The fourth-order valence-electron chi connectivity index (χ4n) is 2.13. The number of carbonyl (C=O) groups excluding carboxylic acids is 2. The van der Waals surface area contributed by atoms with Gasteiger partial charge in [-0.15, -0.1) is 0 Å². The van der Waals surface area contributed by atoms with Gasteiger partial charge in [-0.1, -0.05) is 0 Å². The number of hydrogen-bond acceptors (Lipinski definition) is 5. The smallest absolute Gasteiger partial charge is 0.266 e. The van der Waals surface area contributed by atoms with Crippen molar-refractivity contribution < 1.29 is 14.3 Å². The van der Waals surface area contributed by atoms with Gasteiger partial charge in [-0.25, -0.2) is 0 Å². The Morgan fingerprint density at radius 3 is 2.45 bits per heavy atom. The lowest BCUT2D eigenvalue weighted by Crippen LogP contribution is -2.50. The predicted octanol–water partition coefficient (Wildman–Crippen LogP) is 0.101. The van der Waals surface area contributed by atoms with E-state index in [2.05, 4.69) is 5.32 Å². The van der Waals surface area contributed by atoms with Gasteiger partial charge in [0.1, 0.15) is 11.6 Å². The molecule has 0 radical (unpaired) electrons. The van der Waals surface area contributed by atoms with E-state index in [0.717, 1.165) is 6.42 Å². The van der Waals surface area contributed by atoms with Crippen LogP contribution < -0.4 is 5.32 Å². The molecule has 2 amide bonds. The number of rotatable bonds is 7. The van der Waals surface area contributed by atoms with Crippen molar-refractivity contribution in [3.8, 4) is 6.07 Å². The van der Waals surface area contributed by atoms with Gasteiger partial charge in [0.2, 0.25) is 5.91 Å². The fraction of sp³-hybridized carbons (Fsp3) is 0.667. The van der Waals surface area contributed by atoms with E-state index in [4.69, 9.17) is 10.00 Å². The van der Waals surface area contributed by atoms with E-state index in [1.807, 2.05) is 13.0 Å². The zero-order chi connectivity index (χ0) is 16.4. The molecule has 0 unspecified atom stereocenters. The van der Waals surface area contributed by atoms with Gasteiger partial charge in [0.05, 0.1) is 0 Å². The zero-order valence-electron chi connectivity index (χ0n) is 13.3. The van der Waals surface area contributed by atoms with Gasteiger partial charge >= 0.3 is 0 Å². The van der Waals surface area contributed by atoms with Crippen molar-refractivity contribution in [2.75, 3.05) is 45.9 Å².